The molecule has 0 aliphatic heterocycles. The largest absolute Gasteiger partial charge is 0.467 e. The van der Waals surface area contributed by atoms with Gasteiger partial charge in [0.15, 0.2) is 0 Å². The predicted molar refractivity (Wildman–Crippen MR) is 69.0 cm³/mol. The zero-order valence-corrected chi connectivity index (χ0v) is 10.8. The van der Waals surface area contributed by atoms with Crippen molar-refractivity contribution in [2.24, 2.45) is 0 Å². The fourth-order valence-electron chi connectivity index (χ4n) is 1.57. The lowest BCUT2D eigenvalue weighted by molar-refractivity contribution is -0.123. The Labute approximate surface area is 108 Å². The van der Waals surface area contributed by atoms with Crippen LogP contribution in [0.1, 0.15) is 31.9 Å². The number of aliphatic hydroxyl groups is 1. The molecule has 0 aromatic carbocycles. The third-order valence-electron chi connectivity index (χ3n) is 2.70. The van der Waals surface area contributed by atoms with E-state index in [1.54, 1.807) is 12.3 Å². The Kier molecular flexibility index (Phi) is 7.13. The lowest BCUT2D eigenvalue weighted by atomic mass is 10.2. The summed E-state index contributed by atoms with van der Waals surface area (Å²) in [6.07, 6.45) is 4.35. The Morgan fingerprint density at radius 1 is 1.44 bits per heavy atom. The van der Waals surface area contributed by atoms with Crippen LogP contribution in [0.2, 0.25) is 0 Å². The molecule has 0 aliphatic rings. The lowest BCUT2D eigenvalue weighted by Gasteiger charge is -2.13. The number of rotatable bonds is 9. The number of nitrogens with one attached hydrogen (secondary N) is 2. The van der Waals surface area contributed by atoms with Gasteiger partial charge in [0, 0.05) is 6.61 Å². The Morgan fingerprint density at radius 3 is 2.94 bits per heavy atom. The van der Waals surface area contributed by atoms with Crippen molar-refractivity contribution in [1.82, 2.24) is 10.6 Å². The highest BCUT2D eigenvalue weighted by Gasteiger charge is 2.11. The van der Waals surface area contributed by atoms with E-state index in [1.807, 2.05) is 13.0 Å². The molecule has 0 radical (unpaired) electrons. The van der Waals surface area contributed by atoms with Gasteiger partial charge in [0.05, 0.1) is 18.8 Å². The molecule has 5 nitrogen and oxygen atoms in total. The molecule has 1 rings (SSSR count). The van der Waals surface area contributed by atoms with E-state index in [1.165, 1.54) is 0 Å². The third-order valence-corrected chi connectivity index (χ3v) is 2.70. The maximum absolute atomic E-state index is 11.7. The van der Waals surface area contributed by atoms with Gasteiger partial charge in [0.2, 0.25) is 5.91 Å². The van der Waals surface area contributed by atoms with Crippen LogP contribution in [0.25, 0.3) is 0 Å². The summed E-state index contributed by atoms with van der Waals surface area (Å²) in [4.78, 5) is 11.7. The molecule has 0 spiro atoms. The Balaban J connectivity index is 2.09. The summed E-state index contributed by atoms with van der Waals surface area (Å²) in [5.41, 5.74) is 0. The number of hydrogen-bond donors (Lipinski definition) is 3. The summed E-state index contributed by atoms with van der Waals surface area (Å²) in [5.74, 6) is 0.715. The summed E-state index contributed by atoms with van der Waals surface area (Å²) < 4.78 is 5.13. The topological polar surface area (TPSA) is 74.5 Å². The van der Waals surface area contributed by atoms with Crippen LogP contribution in [0.3, 0.4) is 0 Å². The molecule has 102 valence electrons. The van der Waals surface area contributed by atoms with Crippen molar-refractivity contribution >= 4 is 5.91 Å². The standard InChI is InChI=1S/C13H22N2O3/c1-11(14-7-3-2-4-8-16)13(17)15-10-12-6-5-9-18-12/h5-6,9,11,14,16H,2-4,7-8,10H2,1H3,(H,15,17). The summed E-state index contributed by atoms with van der Waals surface area (Å²) in [6.45, 7) is 3.28. The van der Waals surface area contributed by atoms with E-state index >= 15 is 0 Å². The van der Waals surface area contributed by atoms with E-state index in [-0.39, 0.29) is 18.6 Å². The van der Waals surface area contributed by atoms with Crippen LogP contribution < -0.4 is 10.6 Å². The molecule has 1 aromatic rings. The maximum atomic E-state index is 11.7. The quantitative estimate of drug-likeness (QED) is 0.576. The summed E-state index contributed by atoms with van der Waals surface area (Å²) in [5, 5.41) is 14.6. The molecule has 1 aromatic heterocycles. The van der Waals surface area contributed by atoms with Gasteiger partial charge in [0.25, 0.3) is 0 Å². The van der Waals surface area contributed by atoms with Crippen molar-refractivity contribution < 1.29 is 14.3 Å². The molecule has 0 aliphatic carbocycles. The molecule has 5 heteroatoms. The molecule has 1 unspecified atom stereocenters. The van der Waals surface area contributed by atoms with E-state index in [9.17, 15) is 4.79 Å². The van der Waals surface area contributed by atoms with Crippen LogP contribution >= 0.6 is 0 Å². The Bertz CT molecular complexity index is 325. The molecule has 1 atom stereocenters. The van der Waals surface area contributed by atoms with Crippen LogP contribution in [0, 0.1) is 0 Å². The molecule has 0 bridgehead atoms. The summed E-state index contributed by atoms with van der Waals surface area (Å²) in [6, 6.07) is 3.41. The van der Waals surface area contributed by atoms with Gasteiger partial charge in [-0.2, -0.15) is 0 Å². The fourth-order valence-corrected chi connectivity index (χ4v) is 1.57. The molecular weight excluding hydrogens is 232 g/mol. The van der Waals surface area contributed by atoms with E-state index in [0.29, 0.717) is 6.54 Å². The second-order valence-corrected chi connectivity index (χ2v) is 4.26. The van der Waals surface area contributed by atoms with Gasteiger partial charge in [-0.25, -0.2) is 0 Å². The fraction of sp³-hybridized carbons (Fsp3) is 0.615. The molecule has 18 heavy (non-hydrogen) atoms. The van der Waals surface area contributed by atoms with Gasteiger partial charge in [-0.15, -0.1) is 0 Å². The Hall–Kier alpha value is -1.33. The third kappa shape index (κ3) is 5.84. The number of hydrogen-bond acceptors (Lipinski definition) is 4. The minimum absolute atomic E-state index is 0.0337. The SMILES string of the molecule is CC(NCCCCCO)C(=O)NCc1ccco1. The molecule has 1 amide bonds. The number of carbonyl (C=O) groups excluding carboxylic acids is 1. The summed E-state index contributed by atoms with van der Waals surface area (Å²) >= 11 is 0. The first-order valence-corrected chi connectivity index (χ1v) is 6.38. The Morgan fingerprint density at radius 2 is 2.28 bits per heavy atom. The first kappa shape index (κ1) is 14.7. The van der Waals surface area contributed by atoms with E-state index < -0.39 is 0 Å². The van der Waals surface area contributed by atoms with E-state index in [4.69, 9.17) is 9.52 Å². The maximum Gasteiger partial charge on any atom is 0.237 e. The monoisotopic (exact) mass is 254 g/mol. The number of furan rings is 1. The van der Waals surface area contributed by atoms with Gasteiger partial charge >= 0.3 is 0 Å². The molecular formula is C13H22N2O3. The average molecular weight is 254 g/mol. The van der Waals surface area contributed by atoms with Crippen molar-refractivity contribution in [1.29, 1.82) is 0 Å². The zero-order chi connectivity index (χ0) is 13.2. The van der Waals surface area contributed by atoms with Gasteiger partial charge in [-0.1, -0.05) is 0 Å². The van der Waals surface area contributed by atoms with E-state index in [2.05, 4.69) is 10.6 Å². The van der Waals surface area contributed by atoms with Crippen LogP contribution in [-0.2, 0) is 11.3 Å². The highest BCUT2D eigenvalue weighted by Crippen LogP contribution is 1.99. The normalized spacial score (nSPS) is 12.3. The van der Waals surface area contributed by atoms with Crippen molar-refractivity contribution in [2.75, 3.05) is 13.2 Å². The van der Waals surface area contributed by atoms with E-state index in [0.717, 1.165) is 31.6 Å². The minimum Gasteiger partial charge on any atom is -0.467 e. The number of unbranched alkanes of at least 4 members (excludes halogenated alkanes) is 2. The average Bonchev–Trinajstić information content (AvgIpc) is 2.88. The predicted octanol–water partition coefficient (Wildman–Crippen LogP) is 1.04. The van der Waals surface area contributed by atoms with Gasteiger partial charge < -0.3 is 20.2 Å². The molecule has 3 N–H and O–H groups in total. The van der Waals surface area contributed by atoms with Crippen molar-refractivity contribution in [3.05, 3.63) is 24.2 Å². The minimum atomic E-state index is -0.214. The zero-order valence-electron chi connectivity index (χ0n) is 10.8. The van der Waals surface area contributed by atoms with Crippen LogP contribution in [0.15, 0.2) is 22.8 Å². The lowest BCUT2D eigenvalue weighted by Crippen LogP contribution is -2.42. The highest BCUT2D eigenvalue weighted by molar-refractivity contribution is 5.81. The first-order valence-electron chi connectivity index (χ1n) is 6.38. The van der Waals surface area contributed by atoms with Crippen molar-refractivity contribution in [2.45, 2.75) is 38.8 Å². The molecule has 1 heterocycles. The smallest absolute Gasteiger partial charge is 0.237 e. The van der Waals surface area contributed by atoms with Crippen LogP contribution in [0.5, 0.6) is 0 Å². The van der Waals surface area contributed by atoms with Gasteiger partial charge in [0.1, 0.15) is 5.76 Å². The number of aliphatic hydroxyl groups excluding tert-OH is 1. The number of amides is 1. The van der Waals surface area contributed by atoms with Crippen LogP contribution in [0.4, 0.5) is 0 Å². The van der Waals surface area contributed by atoms with Gasteiger partial charge in [-0.05, 0) is 44.9 Å². The highest BCUT2D eigenvalue weighted by atomic mass is 16.3. The van der Waals surface area contributed by atoms with Gasteiger partial charge in [-0.3, -0.25) is 4.79 Å². The first-order chi connectivity index (χ1) is 8.74. The second-order valence-electron chi connectivity index (χ2n) is 4.26. The van der Waals surface area contributed by atoms with Crippen molar-refractivity contribution in [3.63, 3.8) is 0 Å². The van der Waals surface area contributed by atoms with Crippen molar-refractivity contribution in [3.8, 4) is 0 Å². The summed E-state index contributed by atoms with van der Waals surface area (Å²) in [7, 11) is 0. The molecule has 0 fully saturated rings. The number of carbonyl (C=O) groups is 1. The van der Waals surface area contributed by atoms with Crippen LogP contribution in [-0.4, -0.2) is 30.2 Å². The second kappa shape index (κ2) is 8.72. The molecule has 0 saturated carbocycles. The molecule has 0 saturated heterocycles.